The highest BCUT2D eigenvalue weighted by Gasteiger charge is 2.59. The average molecular weight is 459 g/mol. The van der Waals surface area contributed by atoms with Crippen LogP contribution in [-0.2, 0) is 30.3 Å². The second-order valence-electron chi connectivity index (χ2n) is 9.17. The molecule has 0 spiro atoms. The third-order valence-electron chi connectivity index (χ3n) is 6.37. The van der Waals surface area contributed by atoms with E-state index in [-0.39, 0.29) is 18.2 Å². The largest absolute Gasteiger partial charge is 0.353 e. The number of benzene rings is 1. The number of hydrogen-bond donors (Lipinski definition) is 1. The van der Waals surface area contributed by atoms with Crippen molar-refractivity contribution in [3.8, 4) is 0 Å². The van der Waals surface area contributed by atoms with Gasteiger partial charge in [0.1, 0.15) is 18.3 Å². The van der Waals surface area contributed by atoms with E-state index in [9.17, 15) is 9.59 Å². The second kappa shape index (κ2) is 8.46. The average Bonchev–Trinajstić information content (AvgIpc) is 3.42. The lowest BCUT2D eigenvalue weighted by Crippen LogP contribution is -2.45. The number of fused-ring (bicyclic) bond motifs is 1. The normalized spacial score (nSPS) is 33.5. The summed E-state index contributed by atoms with van der Waals surface area (Å²) >= 11 is 0. The van der Waals surface area contributed by atoms with Gasteiger partial charge in [-0.2, -0.15) is 5.06 Å². The van der Waals surface area contributed by atoms with Crippen molar-refractivity contribution in [1.82, 2.24) is 14.6 Å². The van der Waals surface area contributed by atoms with Gasteiger partial charge in [-0.15, -0.1) is 0 Å². The van der Waals surface area contributed by atoms with Crippen molar-refractivity contribution in [1.29, 1.82) is 0 Å². The van der Waals surface area contributed by atoms with E-state index in [2.05, 4.69) is 4.98 Å². The number of aromatic nitrogens is 2. The number of nitrogens with zero attached hydrogens (tertiary/aromatic N) is 2. The highest BCUT2D eigenvalue weighted by molar-refractivity contribution is 5.15. The first-order valence-corrected chi connectivity index (χ1v) is 11.1. The predicted octanol–water partition coefficient (Wildman–Crippen LogP) is 1.44. The van der Waals surface area contributed by atoms with E-state index in [1.807, 2.05) is 49.2 Å². The maximum Gasteiger partial charge on any atom is 0.330 e. The predicted molar refractivity (Wildman–Crippen MR) is 116 cm³/mol. The van der Waals surface area contributed by atoms with Crippen LogP contribution in [0.1, 0.15) is 37.6 Å². The molecular formula is C23H29N3O7. The van der Waals surface area contributed by atoms with Crippen molar-refractivity contribution in [2.45, 2.75) is 76.4 Å². The molecule has 2 unspecified atom stereocenters. The number of H-pyrrole nitrogens is 1. The summed E-state index contributed by atoms with van der Waals surface area (Å²) in [6, 6.07) is 9.66. The lowest BCUT2D eigenvalue weighted by atomic mass is 10.00. The van der Waals surface area contributed by atoms with Crippen LogP contribution in [-0.4, -0.2) is 58.2 Å². The SMILES string of the molecule is CO[C@H]1O[C@H](C2CC(n3cc(C)c(=O)[nH]c3=O)ON2Cc2ccccc2)[C@@H]2OC(C)(C)O[C@H]12. The minimum Gasteiger partial charge on any atom is -0.353 e. The van der Waals surface area contributed by atoms with Crippen molar-refractivity contribution in [2.75, 3.05) is 7.11 Å². The summed E-state index contributed by atoms with van der Waals surface area (Å²) in [7, 11) is 1.58. The van der Waals surface area contributed by atoms with Crippen LogP contribution in [0.2, 0.25) is 0 Å². The van der Waals surface area contributed by atoms with Crippen LogP contribution in [0.15, 0.2) is 46.1 Å². The molecule has 1 aromatic carbocycles. The molecule has 178 valence electrons. The molecule has 4 heterocycles. The summed E-state index contributed by atoms with van der Waals surface area (Å²) in [5, 5.41) is 1.83. The van der Waals surface area contributed by atoms with E-state index < -0.39 is 35.7 Å². The summed E-state index contributed by atoms with van der Waals surface area (Å²) in [6.45, 7) is 5.88. The third kappa shape index (κ3) is 4.18. The molecule has 0 bridgehead atoms. The highest BCUT2D eigenvalue weighted by atomic mass is 16.8. The Balaban J connectivity index is 1.47. The first kappa shape index (κ1) is 22.5. The Bertz CT molecular complexity index is 1120. The zero-order chi connectivity index (χ0) is 23.3. The summed E-state index contributed by atoms with van der Waals surface area (Å²) in [6.07, 6.45) is -0.334. The fraction of sp³-hybridized carbons (Fsp3) is 0.565. The molecule has 0 radical (unpaired) electrons. The van der Waals surface area contributed by atoms with Crippen molar-refractivity contribution >= 4 is 0 Å². The van der Waals surface area contributed by atoms with Gasteiger partial charge in [0.15, 0.2) is 18.3 Å². The number of rotatable bonds is 5. The Morgan fingerprint density at radius 1 is 1.12 bits per heavy atom. The van der Waals surface area contributed by atoms with Crippen LogP contribution in [0, 0.1) is 6.92 Å². The van der Waals surface area contributed by atoms with Crippen LogP contribution < -0.4 is 11.2 Å². The van der Waals surface area contributed by atoms with Crippen LogP contribution in [0.25, 0.3) is 0 Å². The monoisotopic (exact) mass is 459 g/mol. The Kier molecular flexibility index (Phi) is 5.76. The molecule has 5 rings (SSSR count). The van der Waals surface area contributed by atoms with Crippen LogP contribution >= 0.6 is 0 Å². The molecule has 3 aliphatic heterocycles. The first-order valence-electron chi connectivity index (χ1n) is 11.1. The summed E-state index contributed by atoms with van der Waals surface area (Å²) in [5.74, 6) is -0.760. The molecule has 2 aromatic rings. The van der Waals surface area contributed by atoms with Crippen molar-refractivity contribution in [3.05, 3.63) is 68.5 Å². The summed E-state index contributed by atoms with van der Waals surface area (Å²) < 4.78 is 25.5. The van der Waals surface area contributed by atoms with Gasteiger partial charge in [-0.05, 0) is 26.3 Å². The van der Waals surface area contributed by atoms with E-state index in [1.165, 1.54) is 10.8 Å². The Morgan fingerprint density at radius 3 is 2.58 bits per heavy atom. The minimum atomic E-state index is -0.760. The Labute approximate surface area is 190 Å². The van der Waals surface area contributed by atoms with Gasteiger partial charge in [0.05, 0.1) is 6.04 Å². The molecule has 1 N–H and O–H groups in total. The first-order chi connectivity index (χ1) is 15.8. The molecule has 0 aliphatic carbocycles. The van der Waals surface area contributed by atoms with E-state index >= 15 is 0 Å². The van der Waals surface area contributed by atoms with Gasteiger partial charge in [-0.25, -0.2) is 4.79 Å². The Hall–Kier alpha value is -2.34. The maximum atomic E-state index is 12.6. The number of methoxy groups -OCH3 is 1. The van der Waals surface area contributed by atoms with Crippen LogP contribution in [0.4, 0.5) is 0 Å². The quantitative estimate of drug-likeness (QED) is 0.717. The number of hydroxylamine groups is 2. The summed E-state index contributed by atoms with van der Waals surface area (Å²) in [4.78, 5) is 33.0. The van der Waals surface area contributed by atoms with Gasteiger partial charge in [0, 0.05) is 31.8 Å². The number of nitrogens with one attached hydrogen (secondary N) is 1. The van der Waals surface area contributed by atoms with Gasteiger partial charge in [-0.3, -0.25) is 19.2 Å². The molecule has 6 atom stereocenters. The molecule has 10 nitrogen and oxygen atoms in total. The standard InChI is InChI=1S/C23H29N3O7/c1-13-11-25(22(28)24-20(13)27)16-10-15(26(33-16)12-14-8-6-5-7-9-14)17-18-19(21(29-4)30-17)32-23(2,3)31-18/h5-9,11,15-19,21H,10,12H2,1-4H3,(H,24,27,28)/t15?,16?,17-,18+,19+,21+/m1/s1. The molecule has 0 saturated carbocycles. The van der Waals surface area contributed by atoms with Crippen molar-refractivity contribution in [3.63, 3.8) is 0 Å². The number of aryl methyl sites for hydroxylation is 1. The summed E-state index contributed by atoms with van der Waals surface area (Å²) in [5.41, 5.74) is 0.560. The lowest BCUT2D eigenvalue weighted by Gasteiger charge is -2.30. The van der Waals surface area contributed by atoms with Gasteiger partial charge in [0.25, 0.3) is 5.56 Å². The molecule has 1 aromatic heterocycles. The zero-order valence-corrected chi connectivity index (χ0v) is 19.1. The second-order valence-corrected chi connectivity index (χ2v) is 9.17. The molecular weight excluding hydrogens is 430 g/mol. The van der Waals surface area contributed by atoms with Gasteiger partial charge in [0.2, 0.25) is 0 Å². The van der Waals surface area contributed by atoms with Crippen LogP contribution in [0.3, 0.4) is 0 Å². The molecule has 3 saturated heterocycles. The fourth-order valence-corrected chi connectivity index (χ4v) is 4.87. The number of hydrogen-bond acceptors (Lipinski definition) is 8. The van der Waals surface area contributed by atoms with Gasteiger partial charge >= 0.3 is 5.69 Å². The highest BCUT2D eigenvalue weighted by Crippen LogP contribution is 2.44. The molecule has 0 amide bonds. The van der Waals surface area contributed by atoms with Crippen LogP contribution in [0.5, 0.6) is 0 Å². The lowest BCUT2D eigenvalue weighted by molar-refractivity contribution is -0.249. The van der Waals surface area contributed by atoms with Crippen molar-refractivity contribution < 1.29 is 23.8 Å². The van der Waals surface area contributed by atoms with E-state index in [0.29, 0.717) is 18.5 Å². The Morgan fingerprint density at radius 2 is 1.85 bits per heavy atom. The third-order valence-corrected chi connectivity index (χ3v) is 6.37. The van der Waals surface area contributed by atoms with Gasteiger partial charge < -0.3 is 18.9 Å². The fourth-order valence-electron chi connectivity index (χ4n) is 4.87. The van der Waals surface area contributed by atoms with E-state index in [0.717, 1.165) is 5.56 Å². The maximum absolute atomic E-state index is 12.6. The van der Waals surface area contributed by atoms with Gasteiger partial charge in [-0.1, -0.05) is 30.3 Å². The minimum absolute atomic E-state index is 0.250. The van der Waals surface area contributed by atoms with E-state index in [4.69, 9.17) is 23.8 Å². The van der Waals surface area contributed by atoms with Crippen molar-refractivity contribution in [2.24, 2.45) is 0 Å². The zero-order valence-electron chi connectivity index (χ0n) is 19.1. The van der Waals surface area contributed by atoms with E-state index in [1.54, 1.807) is 14.0 Å². The topological polar surface area (TPSA) is 104 Å². The number of aromatic amines is 1. The molecule has 33 heavy (non-hydrogen) atoms. The number of ether oxygens (including phenoxy) is 4. The smallest absolute Gasteiger partial charge is 0.330 e. The molecule has 10 heteroatoms. The molecule has 3 fully saturated rings. The molecule has 3 aliphatic rings.